The fraction of sp³-hybridized carbons (Fsp3) is 0.611. The lowest BCUT2D eigenvalue weighted by Gasteiger charge is -2.29. The van der Waals surface area contributed by atoms with E-state index >= 15 is 0 Å². The lowest BCUT2D eigenvalue weighted by molar-refractivity contribution is -0.144. The molecule has 3 nitrogen and oxygen atoms in total. The molecule has 0 aromatic heterocycles. The summed E-state index contributed by atoms with van der Waals surface area (Å²) in [4.78, 5) is 11.6. The monoisotopic (exact) mass is 345 g/mol. The minimum atomic E-state index is -4.29. The molecule has 0 bridgehead atoms. The highest BCUT2D eigenvalue weighted by Gasteiger charge is 2.31. The molecule has 1 aliphatic rings. The van der Waals surface area contributed by atoms with Gasteiger partial charge >= 0.3 is 12.1 Å². The molecule has 2 N–H and O–H groups in total. The second kappa shape index (κ2) is 9.67. The smallest absolute Gasteiger partial charge is 0.416 e. The zero-order chi connectivity index (χ0) is 18.2. The summed E-state index contributed by atoms with van der Waals surface area (Å²) in [6, 6.07) is 5.43. The van der Waals surface area contributed by atoms with Crippen LogP contribution in [-0.4, -0.2) is 19.6 Å². The number of carbonyl (C=O) groups is 1. The van der Waals surface area contributed by atoms with Crippen LogP contribution < -0.4 is 5.73 Å². The molecule has 0 amide bonds. The summed E-state index contributed by atoms with van der Waals surface area (Å²) < 4.78 is 42.7. The first-order valence-electron chi connectivity index (χ1n) is 8.30. The van der Waals surface area contributed by atoms with Gasteiger partial charge in [-0.05, 0) is 62.8 Å². The van der Waals surface area contributed by atoms with E-state index in [0.717, 1.165) is 43.4 Å². The van der Waals surface area contributed by atoms with E-state index in [-0.39, 0.29) is 17.8 Å². The molecule has 0 heterocycles. The van der Waals surface area contributed by atoms with Crippen LogP contribution >= 0.6 is 0 Å². The van der Waals surface area contributed by atoms with E-state index in [2.05, 4.69) is 5.73 Å². The standard InChI is InChI=1S/C17H21F3O2.CH5N/c1-2-22-16(21)11-12-4-3-5-14(10-12)13-6-8-15(9-7-13)17(18,19)20;1-2/h6-9,12,14H,2-5,10-11H2,1H3;2H2,1H3. The molecule has 0 aliphatic heterocycles. The van der Waals surface area contributed by atoms with Crippen molar-refractivity contribution < 1.29 is 22.7 Å². The van der Waals surface area contributed by atoms with Crippen molar-refractivity contribution in [2.24, 2.45) is 11.7 Å². The predicted octanol–water partition coefficient (Wildman–Crippen LogP) is 4.51. The molecule has 2 unspecified atom stereocenters. The SMILES string of the molecule is CCOC(=O)CC1CCCC(c2ccc(C(F)(F)F)cc2)C1.CN. The number of rotatable bonds is 4. The third kappa shape index (κ3) is 6.15. The topological polar surface area (TPSA) is 52.3 Å². The zero-order valence-electron chi connectivity index (χ0n) is 14.2. The quantitative estimate of drug-likeness (QED) is 0.817. The zero-order valence-corrected chi connectivity index (χ0v) is 14.2. The molecular formula is C18H26F3NO2. The van der Waals surface area contributed by atoms with Gasteiger partial charge in [-0.15, -0.1) is 0 Å². The second-order valence-corrected chi connectivity index (χ2v) is 5.86. The molecule has 0 radical (unpaired) electrons. The van der Waals surface area contributed by atoms with Gasteiger partial charge in [0.15, 0.2) is 0 Å². The van der Waals surface area contributed by atoms with Gasteiger partial charge < -0.3 is 10.5 Å². The van der Waals surface area contributed by atoms with E-state index in [1.165, 1.54) is 7.05 Å². The lowest BCUT2D eigenvalue weighted by atomic mass is 9.77. The Balaban J connectivity index is 0.00000139. The van der Waals surface area contributed by atoms with Gasteiger partial charge in [0, 0.05) is 6.42 Å². The fourth-order valence-corrected chi connectivity index (χ4v) is 3.18. The molecule has 24 heavy (non-hydrogen) atoms. The summed E-state index contributed by atoms with van der Waals surface area (Å²) in [5.41, 5.74) is 4.82. The minimum Gasteiger partial charge on any atom is -0.466 e. The van der Waals surface area contributed by atoms with Crippen LogP contribution in [-0.2, 0) is 15.7 Å². The molecule has 1 saturated carbocycles. The van der Waals surface area contributed by atoms with Crippen LogP contribution in [0.2, 0.25) is 0 Å². The van der Waals surface area contributed by atoms with Crippen LogP contribution in [0.1, 0.15) is 56.1 Å². The van der Waals surface area contributed by atoms with Crippen molar-refractivity contribution in [3.63, 3.8) is 0 Å². The van der Waals surface area contributed by atoms with E-state index in [4.69, 9.17) is 4.74 Å². The van der Waals surface area contributed by atoms with Crippen LogP contribution in [0, 0.1) is 5.92 Å². The number of nitrogens with two attached hydrogens (primary N) is 1. The maximum atomic E-state index is 12.6. The highest BCUT2D eigenvalue weighted by molar-refractivity contribution is 5.69. The van der Waals surface area contributed by atoms with Crippen LogP contribution in [0.4, 0.5) is 13.2 Å². The Morgan fingerprint density at radius 3 is 2.38 bits per heavy atom. The van der Waals surface area contributed by atoms with Gasteiger partial charge in [0.2, 0.25) is 0 Å². The molecule has 0 spiro atoms. The van der Waals surface area contributed by atoms with Crippen molar-refractivity contribution in [3.05, 3.63) is 35.4 Å². The van der Waals surface area contributed by atoms with Crippen molar-refractivity contribution in [2.45, 2.75) is 51.1 Å². The van der Waals surface area contributed by atoms with Crippen molar-refractivity contribution in [1.82, 2.24) is 0 Å². The Bertz CT molecular complexity index is 500. The molecule has 6 heteroatoms. The van der Waals surface area contributed by atoms with Gasteiger partial charge in [-0.1, -0.05) is 18.6 Å². The Morgan fingerprint density at radius 2 is 1.83 bits per heavy atom. The summed E-state index contributed by atoms with van der Waals surface area (Å²) in [5.74, 6) is 0.316. The molecule has 1 aromatic carbocycles. The Kier molecular flexibility index (Phi) is 8.25. The average Bonchev–Trinajstić information content (AvgIpc) is 2.56. The first kappa shape index (κ1) is 20.5. The van der Waals surface area contributed by atoms with Crippen molar-refractivity contribution in [3.8, 4) is 0 Å². The van der Waals surface area contributed by atoms with Crippen molar-refractivity contribution >= 4 is 5.97 Å². The summed E-state index contributed by atoms with van der Waals surface area (Å²) in [5, 5.41) is 0. The van der Waals surface area contributed by atoms with E-state index < -0.39 is 11.7 Å². The first-order valence-corrected chi connectivity index (χ1v) is 8.30. The number of alkyl halides is 3. The summed E-state index contributed by atoms with van der Waals surface area (Å²) in [6.45, 7) is 2.16. The highest BCUT2D eigenvalue weighted by atomic mass is 19.4. The number of hydrogen-bond acceptors (Lipinski definition) is 3. The molecule has 1 fully saturated rings. The normalized spacial score (nSPS) is 20.8. The lowest BCUT2D eigenvalue weighted by Crippen LogP contribution is -2.19. The number of benzene rings is 1. The number of halogens is 3. The Morgan fingerprint density at radius 1 is 1.21 bits per heavy atom. The fourth-order valence-electron chi connectivity index (χ4n) is 3.18. The van der Waals surface area contributed by atoms with Gasteiger partial charge in [-0.3, -0.25) is 4.79 Å². The number of carbonyl (C=O) groups excluding carboxylic acids is 1. The van der Waals surface area contributed by atoms with Crippen LogP contribution in [0.3, 0.4) is 0 Å². The van der Waals surface area contributed by atoms with E-state index in [9.17, 15) is 18.0 Å². The molecule has 2 atom stereocenters. The van der Waals surface area contributed by atoms with Crippen LogP contribution in [0.15, 0.2) is 24.3 Å². The van der Waals surface area contributed by atoms with E-state index in [1.54, 1.807) is 19.1 Å². The van der Waals surface area contributed by atoms with E-state index in [0.29, 0.717) is 13.0 Å². The number of esters is 1. The Hall–Kier alpha value is -1.56. The predicted molar refractivity (Wildman–Crippen MR) is 87.5 cm³/mol. The molecule has 0 saturated heterocycles. The van der Waals surface area contributed by atoms with Gasteiger partial charge in [0.1, 0.15) is 0 Å². The number of ether oxygens (including phenoxy) is 1. The second-order valence-electron chi connectivity index (χ2n) is 5.86. The minimum absolute atomic E-state index is 0.180. The third-order valence-electron chi connectivity index (χ3n) is 4.25. The van der Waals surface area contributed by atoms with Gasteiger partial charge in [0.05, 0.1) is 12.2 Å². The molecule has 1 aromatic rings. The van der Waals surface area contributed by atoms with Gasteiger partial charge in [-0.2, -0.15) is 13.2 Å². The van der Waals surface area contributed by atoms with Crippen molar-refractivity contribution in [1.29, 1.82) is 0 Å². The van der Waals surface area contributed by atoms with Crippen LogP contribution in [0.25, 0.3) is 0 Å². The molecular weight excluding hydrogens is 319 g/mol. The van der Waals surface area contributed by atoms with Crippen molar-refractivity contribution in [2.75, 3.05) is 13.7 Å². The summed E-state index contributed by atoms with van der Waals surface area (Å²) >= 11 is 0. The summed E-state index contributed by atoms with van der Waals surface area (Å²) in [7, 11) is 1.50. The van der Waals surface area contributed by atoms with E-state index in [1.807, 2.05) is 0 Å². The van der Waals surface area contributed by atoms with Crippen LogP contribution in [0.5, 0.6) is 0 Å². The largest absolute Gasteiger partial charge is 0.466 e. The number of hydrogen-bond donors (Lipinski definition) is 1. The molecule has 1 aliphatic carbocycles. The first-order chi connectivity index (χ1) is 11.4. The highest BCUT2D eigenvalue weighted by Crippen LogP contribution is 2.38. The maximum Gasteiger partial charge on any atom is 0.416 e. The van der Waals surface area contributed by atoms with Gasteiger partial charge in [0.25, 0.3) is 0 Å². The Labute approximate surface area is 141 Å². The molecule has 136 valence electrons. The maximum absolute atomic E-state index is 12.6. The molecule has 2 rings (SSSR count). The summed E-state index contributed by atoms with van der Waals surface area (Å²) in [6.07, 6.45) is -0.108. The van der Waals surface area contributed by atoms with Gasteiger partial charge in [-0.25, -0.2) is 0 Å². The average molecular weight is 345 g/mol. The third-order valence-corrected chi connectivity index (χ3v) is 4.25.